The number of likely N-dealkylation sites (N-methyl/N-ethyl adjacent to an activating group) is 1. The van der Waals surface area contributed by atoms with Gasteiger partial charge in [-0.25, -0.2) is 9.37 Å². The number of hydrogen-bond donors (Lipinski definition) is 1. The van der Waals surface area contributed by atoms with Gasteiger partial charge in [0.05, 0.1) is 46.5 Å². The third kappa shape index (κ3) is 3.44. The summed E-state index contributed by atoms with van der Waals surface area (Å²) in [6.45, 7) is 0.424. The summed E-state index contributed by atoms with van der Waals surface area (Å²) in [7, 11) is 1.41. The van der Waals surface area contributed by atoms with E-state index in [9.17, 15) is 22.4 Å². The number of fused-ring (bicyclic) bond motifs is 4. The van der Waals surface area contributed by atoms with Gasteiger partial charge in [-0.15, -0.1) is 0 Å². The monoisotopic (exact) mass is 481 g/mol. The molecule has 2 aliphatic heterocycles. The minimum atomic E-state index is -4.72. The van der Waals surface area contributed by atoms with Crippen molar-refractivity contribution in [3.63, 3.8) is 0 Å². The van der Waals surface area contributed by atoms with Crippen LogP contribution in [0.15, 0.2) is 24.3 Å². The molecule has 6 nitrogen and oxygen atoms in total. The Hall–Kier alpha value is -3.11. The van der Waals surface area contributed by atoms with Gasteiger partial charge in [0.15, 0.2) is 0 Å². The van der Waals surface area contributed by atoms with Crippen LogP contribution in [0.25, 0.3) is 10.9 Å². The van der Waals surface area contributed by atoms with E-state index < -0.39 is 29.5 Å². The van der Waals surface area contributed by atoms with E-state index in [-0.39, 0.29) is 28.5 Å². The molecule has 0 radical (unpaired) electrons. The largest absolute Gasteiger partial charge is 0.491 e. The summed E-state index contributed by atoms with van der Waals surface area (Å²) in [5.41, 5.74) is 6.91. The molecule has 1 amide bonds. The number of alkyl halides is 3. The van der Waals surface area contributed by atoms with Gasteiger partial charge >= 0.3 is 6.18 Å². The molecule has 0 saturated heterocycles. The number of hydrogen-bond acceptors (Lipinski definition) is 5. The quantitative estimate of drug-likeness (QED) is 0.529. The number of pyridine rings is 1. The first kappa shape index (κ1) is 21.7. The molecule has 3 aromatic rings. The molecule has 2 aliphatic rings. The van der Waals surface area contributed by atoms with Crippen LogP contribution in [0.2, 0.25) is 5.02 Å². The van der Waals surface area contributed by atoms with Crippen LogP contribution in [-0.2, 0) is 24.1 Å². The van der Waals surface area contributed by atoms with Crippen LogP contribution in [0, 0.1) is 5.82 Å². The molecule has 5 rings (SSSR count). The lowest BCUT2D eigenvalue weighted by Gasteiger charge is -2.25. The van der Waals surface area contributed by atoms with E-state index in [1.54, 1.807) is 6.07 Å². The lowest BCUT2D eigenvalue weighted by atomic mass is 10.0. The molecule has 1 aromatic heterocycles. The van der Waals surface area contributed by atoms with Crippen molar-refractivity contribution in [1.82, 2.24) is 9.88 Å². The molecule has 11 heteroatoms. The van der Waals surface area contributed by atoms with Gasteiger partial charge in [-0.1, -0.05) is 11.6 Å². The minimum Gasteiger partial charge on any atom is -0.491 e. The molecular formula is C22H16ClF4N3O3. The van der Waals surface area contributed by atoms with Crippen LogP contribution in [0.3, 0.4) is 0 Å². The van der Waals surface area contributed by atoms with Gasteiger partial charge in [0.25, 0.3) is 5.91 Å². The molecule has 0 bridgehead atoms. The van der Waals surface area contributed by atoms with Crippen LogP contribution >= 0.6 is 11.6 Å². The zero-order valence-corrected chi connectivity index (χ0v) is 17.9. The average Bonchev–Trinajstić information content (AvgIpc) is 3.40. The Morgan fingerprint density at radius 3 is 2.67 bits per heavy atom. The third-order valence-electron chi connectivity index (χ3n) is 5.98. The number of amides is 1. The molecule has 2 aromatic carbocycles. The second kappa shape index (κ2) is 7.46. The Morgan fingerprint density at radius 1 is 1.21 bits per heavy atom. The summed E-state index contributed by atoms with van der Waals surface area (Å²) >= 11 is 6.36. The Kier molecular flexibility index (Phi) is 4.91. The number of ether oxygens (including phenoxy) is 2. The Balaban J connectivity index is 1.53. The van der Waals surface area contributed by atoms with Crippen molar-refractivity contribution in [2.24, 2.45) is 0 Å². The van der Waals surface area contributed by atoms with Crippen LogP contribution in [0.1, 0.15) is 38.7 Å². The fourth-order valence-corrected chi connectivity index (χ4v) is 4.48. The van der Waals surface area contributed by atoms with E-state index in [0.717, 1.165) is 17.2 Å². The van der Waals surface area contributed by atoms with Gasteiger partial charge in [0.1, 0.15) is 24.0 Å². The summed E-state index contributed by atoms with van der Waals surface area (Å²) in [6.07, 6.45) is -4.72. The fraction of sp³-hybridized carbons (Fsp3) is 0.273. The molecule has 0 unspecified atom stereocenters. The van der Waals surface area contributed by atoms with E-state index >= 15 is 0 Å². The molecule has 0 fully saturated rings. The highest BCUT2D eigenvalue weighted by Gasteiger charge is 2.39. The summed E-state index contributed by atoms with van der Waals surface area (Å²) in [5, 5.41) is 0.763. The predicted molar refractivity (Wildman–Crippen MR) is 111 cm³/mol. The molecule has 0 spiro atoms. The Bertz CT molecular complexity index is 1330. The van der Waals surface area contributed by atoms with Gasteiger partial charge in [-0.3, -0.25) is 4.79 Å². The molecule has 3 heterocycles. The Labute approximate surface area is 189 Å². The van der Waals surface area contributed by atoms with Crippen molar-refractivity contribution in [2.75, 3.05) is 19.4 Å². The van der Waals surface area contributed by atoms with E-state index in [0.29, 0.717) is 36.0 Å². The molecular weight excluding hydrogens is 466 g/mol. The number of carbonyl (C=O) groups excluding carboxylic acids is 1. The zero-order valence-electron chi connectivity index (χ0n) is 17.1. The van der Waals surface area contributed by atoms with Crippen molar-refractivity contribution in [1.29, 1.82) is 0 Å². The smallest absolute Gasteiger partial charge is 0.416 e. The van der Waals surface area contributed by atoms with Gasteiger partial charge < -0.3 is 20.1 Å². The first-order valence-electron chi connectivity index (χ1n) is 9.85. The van der Waals surface area contributed by atoms with Crippen LogP contribution in [0.4, 0.5) is 23.4 Å². The number of nitrogen functional groups attached to an aromatic ring is 1. The van der Waals surface area contributed by atoms with Crippen LogP contribution < -0.4 is 10.5 Å². The van der Waals surface area contributed by atoms with Gasteiger partial charge in [0.2, 0.25) is 0 Å². The molecule has 172 valence electrons. The highest BCUT2D eigenvalue weighted by Crippen LogP contribution is 2.43. The van der Waals surface area contributed by atoms with Crippen molar-refractivity contribution in [3.05, 3.63) is 62.9 Å². The van der Waals surface area contributed by atoms with Gasteiger partial charge in [0, 0.05) is 18.0 Å². The molecule has 2 N–H and O–H groups in total. The normalized spacial score (nSPS) is 17.1. The van der Waals surface area contributed by atoms with E-state index in [4.69, 9.17) is 26.8 Å². The first-order valence-corrected chi connectivity index (χ1v) is 10.2. The number of carbonyl (C=O) groups is 1. The lowest BCUT2D eigenvalue weighted by molar-refractivity contribution is -0.137. The number of halogens is 5. The molecule has 0 saturated carbocycles. The van der Waals surface area contributed by atoms with E-state index in [1.807, 2.05) is 0 Å². The molecule has 33 heavy (non-hydrogen) atoms. The Morgan fingerprint density at radius 2 is 1.94 bits per heavy atom. The number of rotatable bonds is 2. The van der Waals surface area contributed by atoms with Gasteiger partial charge in [-0.05, 0) is 29.8 Å². The minimum absolute atomic E-state index is 0.108. The summed E-state index contributed by atoms with van der Waals surface area (Å²) in [4.78, 5) is 18.8. The van der Waals surface area contributed by atoms with Crippen molar-refractivity contribution < 1.29 is 31.8 Å². The predicted octanol–water partition coefficient (Wildman–Crippen LogP) is 4.86. The highest BCUT2D eigenvalue weighted by atomic mass is 35.5. The number of benzene rings is 2. The lowest BCUT2D eigenvalue weighted by Crippen LogP contribution is -2.32. The van der Waals surface area contributed by atoms with Crippen molar-refractivity contribution in [2.45, 2.75) is 25.4 Å². The fourth-order valence-electron chi connectivity index (χ4n) is 4.24. The van der Waals surface area contributed by atoms with Crippen LogP contribution in [0.5, 0.6) is 5.75 Å². The SMILES string of the molecule is CN(C(=O)c1cc2c3c(c(N)nc2cc1Cl)COC3)[C@@H]1COc2cc(C(F)(F)F)cc(F)c21. The average molecular weight is 482 g/mol. The standard InChI is InChI=1S/C22H16ClF4N3O3/c1-30(17-8-33-18-3-9(22(25,26)27)2-15(24)19(17)18)21(31)11-4-10-12-6-32-7-13(12)20(28)29-16(10)5-14(11)23/h2-5,17H,6-8H2,1H3,(H2,28,29)/t17-/m1/s1. The first-order chi connectivity index (χ1) is 15.6. The second-order valence-electron chi connectivity index (χ2n) is 7.91. The molecule has 1 atom stereocenters. The number of nitrogens with zero attached hydrogens (tertiary/aromatic N) is 2. The summed E-state index contributed by atoms with van der Waals surface area (Å²) < 4.78 is 64.4. The maximum atomic E-state index is 14.7. The third-order valence-corrected chi connectivity index (χ3v) is 6.30. The van der Waals surface area contributed by atoms with Crippen molar-refractivity contribution >= 4 is 34.2 Å². The van der Waals surface area contributed by atoms with Crippen LogP contribution in [-0.4, -0.2) is 29.4 Å². The molecule has 0 aliphatic carbocycles. The maximum Gasteiger partial charge on any atom is 0.416 e. The maximum absolute atomic E-state index is 14.7. The summed E-state index contributed by atoms with van der Waals surface area (Å²) in [6, 6.07) is 3.30. The number of aromatic nitrogens is 1. The van der Waals surface area contributed by atoms with Gasteiger partial charge in [-0.2, -0.15) is 13.2 Å². The topological polar surface area (TPSA) is 77.7 Å². The number of anilines is 1. The number of nitrogens with two attached hydrogens (primary N) is 1. The second-order valence-corrected chi connectivity index (χ2v) is 8.31. The van der Waals surface area contributed by atoms with E-state index in [1.165, 1.54) is 18.0 Å². The highest BCUT2D eigenvalue weighted by molar-refractivity contribution is 6.34. The zero-order chi connectivity index (χ0) is 23.7. The van der Waals surface area contributed by atoms with E-state index in [2.05, 4.69) is 4.98 Å². The van der Waals surface area contributed by atoms with Crippen molar-refractivity contribution in [3.8, 4) is 5.75 Å². The summed E-state index contributed by atoms with van der Waals surface area (Å²) in [5.74, 6) is -1.56.